The Morgan fingerprint density at radius 1 is 0.852 bits per heavy atom. The first-order chi connectivity index (χ1) is 13.4. The van der Waals surface area contributed by atoms with Gasteiger partial charge in [0.15, 0.2) is 0 Å². The highest BCUT2D eigenvalue weighted by atomic mass is 14.3. The Labute approximate surface area is 163 Å². The molecule has 4 aliphatic carbocycles. The van der Waals surface area contributed by atoms with Gasteiger partial charge in [-0.05, 0) is 71.4 Å². The molecule has 0 amide bonds. The second kappa shape index (κ2) is 7.35. The van der Waals surface area contributed by atoms with Crippen LogP contribution in [-0.4, -0.2) is 0 Å². The van der Waals surface area contributed by atoms with Crippen LogP contribution in [0.15, 0.2) is 95.2 Å². The van der Waals surface area contributed by atoms with Gasteiger partial charge in [0, 0.05) is 5.92 Å². The van der Waals surface area contributed by atoms with Crippen molar-refractivity contribution in [3.8, 4) is 0 Å². The van der Waals surface area contributed by atoms with Crippen molar-refractivity contribution in [1.82, 2.24) is 0 Å². The third-order valence-electron chi connectivity index (χ3n) is 6.37. The molecule has 1 atom stereocenters. The molecule has 0 aromatic heterocycles. The summed E-state index contributed by atoms with van der Waals surface area (Å²) < 4.78 is 0. The number of hydrogen-bond acceptors (Lipinski definition) is 0. The lowest BCUT2D eigenvalue weighted by Crippen LogP contribution is -2.12. The van der Waals surface area contributed by atoms with Gasteiger partial charge in [-0.3, -0.25) is 0 Å². The fourth-order valence-corrected chi connectivity index (χ4v) is 4.53. The number of hydrogen-bond donors (Lipinski definition) is 0. The first kappa shape index (κ1) is 16.8. The molecule has 4 aliphatic rings. The van der Waals surface area contributed by atoms with Crippen LogP contribution in [0.5, 0.6) is 0 Å². The molecule has 0 nitrogen and oxygen atoms in total. The van der Waals surface area contributed by atoms with Crippen molar-refractivity contribution in [2.75, 3.05) is 0 Å². The first-order valence-corrected chi connectivity index (χ1v) is 10.6. The van der Waals surface area contributed by atoms with E-state index in [2.05, 4.69) is 72.9 Å². The van der Waals surface area contributed by atoms with Crippen molar-refractivity contribution >= 4 is 0 Å². The van der Waals surface area contributed by atoms with Gasteiger partial charge in [0.1, 0.15) is 0 Å². The molecule has 27 heavy (non-hydrogen) atoms. The zero-order valence-corrected chi connectivity index (χ0v) is 16.0. The van der Waals surface area contributed by atoms with Crippen LogP contribution < -0.4 is 0 Å². The van der Waals surface area contributed by atoms with E-state index in [1.165, 1.54) is 71.9 Å². The Balaban J connectivity index is 1.32. The van der Waals surface area contributed by atoms with Crippen LogP contribution >= 0.6 is 0 Å². The van der Waals surface area contributed by atoms with E-state index in [1.807, 2.05) is 0 Å². The van der Waals surface area contributed by atoms with Gasteiger partial charge in [-0.2, -0.15) is 0 Å². The fourth-order valence-electron chi connectivity index (χ4n) is 4.53. The maximum Gasteiger partial charge on any atom is 0.0281 e. The quantitative estimate of drug-likeness (QED) is 0.526. The van der Waals surface area contributed by atoms with Crippen molar-refractivity contribution in [2.24, 2.45) is 11.8 Å². The standard InChI is InChI=1S/C27H28/c1-2-5-23(6-3-1)26-18-17-24(25-7-4-8-27(25)26)19-22-15-13-21(14-16-22)12-11-20-9-10-20/h2,4-8,13-18,20,27H,1,3,9-12,19H2. The highest BCUT2D eigenvalue weighted by molar-refractivity contribution is 5.60. The minimum atomic E-state index is 0.441. The molecule has 0 N–H and O–H groups in total. The summed E-state index contributed by atoms with van der Waals surface area (Å²) in [6.45, 7) is 0. The van der Waals surface area contributed by atoms with E-state index in [0.29, 0.717) is 5.92 Å². The van der Waals surface area contributed by atoms with Gasteiger partial charge in [0.05, 0.1) is 0 Å². The Bertz CT molecular complexity index is 892. The summed E-state index contributed by atoms with van der Waals surface area (Å²) in [7, 11) is 0. The molecular formula is C27H28. The highest BCUT2D eigenvalue weighted by Gasteiger charge is 2.26. The normalized spacial score (nSPS) is 23.5. The van der Waals surface area contributed by atoms with Gasteiger partial charge in [-0.1, -0.05) is 85.7 Å². The van der Waals surface area contributed by atoms with E-state index in [1.54, 1.807) is 0 Å². The van der Waals surface area contributed by atoms with Crippen LogP contribution in [0.3, 0.4) is 0 Å². The summed E-state index contributed by atoms with van der Waals surface area (Å²) in [5.74, 6) is 1.46. The van der Waals surface area contributed by atoms with Crippen molar-refractivity contribution < 1.29 is 0 Å². The molecule has 0 radical (unpaired) electrons. The fraction of sp³-hybridized carbons (Fsp3) is 0.333. The van der Waals surface area contributed by atoms with Crippen LogP contribution in [0, 0.1) is 11.8 Å². The molecule has 0 heteroatoms. The Morgan fingerprint density at radius 2 is 1.70 bits per heavy atom. The van der Waals surface area contributed by atoms with Gasteiger partial charge in [-0.15, -0.1) is 0 Å². The Kier molecular flexibility index (Phi) is 4.57. The molecular weight excluding hydrogens is 324 g/mol. The zero-order valence-electron chi connectivity index (χ0n) is 16.0. The van der Waals surface area contributed by atoms with Crippen molar-refractivity contribution in [3.05, 3.63) is 106 Å². The molecule has 1 saturated carbocycles. The van der Waals surface area contributed by atoms with E-state index in [9.17, 15) is 0 Å². The second-order valence-corrected chi connectivity index (χ2v) is 8.41. The number of aryl methyl sites for hydroxylation is 1. The van der Waals surface area contributed by atoms with Crippen LogP contribution in [0.4, 0.5) is 0 Å². The lowest BCUT2D eigenvalue weighted by Gasteiger charge is -2.26. The molecule has 136 valence electrons. The number of allylic oxidation sites excluding steroid dienone is 12. The number of benzene rings is 1. The second-order valence-electron chi connectivity index (χ2n) is 8.41. The third-order valence-corrected chi connectivity index (χ3v) is 6.37. The number of fused-ring (bicyclic) bond motifs is 1. The summed E-state index contributed by atoms with van der Waals surface area (Å²) in [6.07, 6.45) is 27.6. The molecule has 0 heterocycles. The van der Waals surface area contributed by atoms with E-state index >= 15 is 0 Å². The summed E-state index contributed by atoms with van der Waals surface area (Å²) in [6, 6.07) is 9.37. The van der Waals surface area contributed by atoms with Crippen molar-refractivity contribution in [3.63, 3.8) is 0 Å². The lowest BCUT2D eigenvalue weighted by molar-refractivity contribution is 0.726. The van der Waals surface area contributed by atoms with Gasteiger partial charge >= 0.3 is 0 Å². The van der Waals surface area contributed by atoms with Gasteiger partial charge < -0.3 is 0 Å². The van der Waals surface area contributed by atoms with Crippen molar-refractivity contribution in [2.45, 2.75) is 44.9 Å². The Hall–Kier alpha value is -2.34. The summed E-state index contributed by atoms with van der Waals surface area (Å²) in [4.78, 5) is 0. The van der Waals surface area contributed by atoms with Crippen LogP contribution in [0.2, 0.25) is 0 Å². The molecule has 0 bridgehead atoms. The lowest BCUT2D eigenvalue weighted by atomic mass is 9.78. The average Bonchev–Trinajstić information content (AvgIpc) is 3.42. The van der Waals surface area contributed by atoms with Gasteiger partial charge in [0.2, 0.25) is 0 Å². The molecule has 1 unspecified atom stereocenters. The predicted molar refractivity (Wildman–Crippen MR) is 115 cm³/mol. The molecule has 0 aliphatic heterocycles. The molecule has 1 aromatic rings. The summed E-state index contributed by atoms with van der Waals surface area (Å²) >= 11 is 0. The minimum Gasteiger partial charge on any atom is -0.0836 e. The number of rotatable bonds is 6. The molecule has 5 rings (SSSR count). The molecule has 0 spiro atoms. The molecule has 1 fully saturated rings. The largest absolute Gasteiger partial charge is 0.0836 e. The van der Waals surface area contributed by atoms with Gasteiger partial charge in [0.25, 0.3) is 0 Å². The SMILES string of the molecule is C1=CC2C(C3=CCCC=C3)=CC=C(Cc3ccc(CCC4CC4)cc3)C2=C1. The average molecular weight is 353 g/mol. The molecule has 0 saturated heterocycles. The summed E-state index contributed by atoms with van der Waals surface area (Å²) in [5, 5.41) is 0. The maximum absolute atomic E-state index is 2.40. The minimum absolute atomic E-state index is 0.441. The first-order valence-electron chi connectivity index (χ1n) is 10.6. The molecule has 1 aromatic carbocycles. The van der Waals surface area contributed by atoms with E-state index in [-0.39, 0.29) is 0 Å². The van der Waals surface area contributed by atoms with Gasteiger partial charge in [-0.25, -0.2) is 0 Å². The van der Waals surface area contributed by atoms with Crippen molar-refractivity contribution in [1.29, 1.82) is 0 Å². The summed E-state index contributed by atoms with van der Waals surface area (Å²) in [5.41, 5.74) is 8.77. The Morgan fingerprint density at radius 3 is 2.48 bits per heavy atom. The van der Waals surface area contributed by atoms with E-state index in [4.69, 9.17) is 0 Å². The van der Waals surface area contributed by atoms with E-state index in [0.717, 1.165) is 12.3 Å². The van der Waals surface area contributed by atoms with Crippen LogP contribution in [0.1, 0.15) is 43.2 Å². The third kappa shape index (κ3) is 3.72. The smallest absolute Gasteiger partial charge is 0.0281 e. The zero-order chi connectivity index (χ0) is 18.1. The monoisotopic (exact) mass is 352 g/mol. The maximum atomic E-state index is 2.40. The van der Waals surface area contributed by atoms with Crippen LogP contribution in [-0.2, 0) is 12.8 Å². The highest BCUT2D eigenvalue weighted by Crippen LogP contribution is 2.41. The topological polar surface area (TPSA) is 0 Å². The predicted octanol–water partition coefficient (Wildman–Crippen LogP) is 6.83. The van der Waals surface area contributed by atoms with E-state index < -0.39 is 0 Å². The van der Waals surface area contributed by atoms with Crippen LogP contribution in [0.25, 0.3) is 0 Å².